The summed E-state index contributed by atoms with van der Waals surface area (Å²) in [6.07, 6.45) is 14.1. The van der Waals surface area contributed by atoms with Crippen LogP contribution in [0.15, 0.2) is 92.8 Å². The van der Waals surface area contributed by atoms with Gasteiger partial charge in [-0.05, 0) is 53.9 Å². The minimum Gasteiger partial charge on any atom is -0.293 e. The number of nitriles is 4. The maximum absolute atomic E-state index is 13.5. The van der Waals surface area contributed by atoms with E-state index < -0.39 is 21.9 Å². The molecule has 1 saturated carbocycles. The molecule has 3 atom stereocenters. The quantitative estimate of drug-likeness (QED) is 0.213. The predicted molar refractivity (Wildman–Crippen MR) is 176 cm³/mol. The second kappa shape index (κ2) is 10.6. The third kappa shape index (κ3) is 4.17. The first kappa shape index (κ1) is 28.7. The summed E-state index contributed by atoms with van der Waals surface area (Å²) < 4.78 is 0. The van der Waals surface area contributed by atoms with E-state index in [0.29, 0.717) is 34.3 Å². The van der Waals surface area contributed by atoms with Crippen LogP contribution in [0.4, 0.5) is 0 Å². The third-order valence-corrected chi connectivity index (χ3v) is 14.4. The maximum Gasteiger partial charge on any atom is 0.171 e. The Hall–Kier alpha value is -5.03. The van der Waals surface area contributed by atoms with Crippen LogP contribution in [0.1, 0.15) is 25.7 Å². The summed E-state index contributed by atoms with van der Waals surface area (Å²) in [4.78, 5) is 33.7. The van der Waals surface area contributed by atoms with E-state index in [1.54, 1.807) is 40.9 Å². The highest BCUT2D eigenvalue weighted by Gasteiger charge is 2.43. The van der Waals surface area contributed by atoms with Gasteiger partial charge in [-0.1, -0.05) is 48.6 Å². The number of fused-ring (bicyclic) bond motifs is 5. The average molecular weight is 639 g/mol. The molecule has 1 aliphatic heterocycles. The van der Waals surface area contributed by atoms with Crippen LogP contribution in [0.2, 0.25) is 0 Å². The molecule has 6 nitrogen and oxygen atoms in total. The van der Waals surface area contributed by atoms with Crippen molar-refractivity contribution in [2.45, 2.75) is 16.2 Å². The Bertz CT molecular complexity index is 2190. The van der Waals surface area contributed by atoms with Gasteiger partial charge in [-0.2, -0.15) is 31.1 Å². The van der Waals surface area contributed by atoms with Gasteiger partial charge in [0, 0.05) is 36.6 Å². The summed E-state index contributed by atoms with van der Waals surface area (Å²) in [7, 11) is -1.40. The zero-order chi connectivity index (χ0) is 31.6. The van der Waals surface area contributed by atoms with E-state index in [0.717, 1.165) is 19.5 Å². The lowest BCUT2D eigenvalue weighted by Gasteiger charge is -2.26. The van der Waals surface area contributed by atoms with E-state index in [-0.39, 0.29) is 28.6 Å². The summed E-state index contributed by atoms with van der Waals surface area (Å²) in [5.74, 6) is -1.50. The number of benzene rings is 1. The topological polar surface area (TPSA) is 129 Å². The molecule has 0 saturated heterocycles. The first-order valence-corrected chi connectivity index (χ1v) is 18.2. The number of ketones is 2. The number of thiophene rings is 2. The van der Waals surface area contributed by atoms with Crippen LogP contribution in [-0.4, -0.2) is 24.1 Å². The van der Waals surface area contributed by atoms with Gasteiger partial charge in [0.15, 0.2) is 11.6 Å². The normalized spacial score (nSPS) is 23.0. The van der Waals surface area contributed by atoms with Gasteiger partial charge in [0.2, 0.25) is 0 Å². The number of carbonyl (C=O) groups excluding carboxylic acids is 2. The van der Waals surface area contributed by atoms with Gasteiger partial charge in [-0.15, -0.1) is 22.7 Å². The van der Waals surface area contributed by atoms with Crippen molar-refractivity contribution in [2.24, 2.45) is 17.8 Å². The summed E-state index contributed by atoms with van der Waals surface area (Å²) in [5, 5.41) is 38.8. The van der Waals surface area contributed by atoms with Crippen molar-refractivity contribution in [3.8, 4) is 34.0 Å². The van der Waals surface area contributed by atoms with Crippen LogP contribution in [0, 0.1) is 63.1 Å². The monoisotopic (exact) mass is 638 g/mol. The van der Waals surface area contributed by atoms with E-state index in [1.807, 2.05) is 60.7 Å². The highest BCUT2D eigenvalue weighted by molar-refractivity contribution is 8.33. The highest BCUT2D eigenvalue weighted by Crippen LogP contribution is 2.71. The molecule has 0 N–H and O–H groups in total. The molecule has 3 unspecified atom stereocenters. The molecule has 45 heavy (non-hydrogen) atoms. The molecule has 0 amide bonds. The molecule has 0 bridgehead atoms. The molecular weight excluding hydrogens is 617 g/mol. The SMILES string of the molecule is CS1(C)c2cc(/C=C3\C(=O)C4C=CC=CC4C3=C(C#N)C#N)sc2-c2sc(CC3C(=O)c4ccccc4C3=C(C#N)C#N)cc21. The summed E-state index contributed by atoms with van der Waals surface area (Å²) in [6.45, 7) is 0. The van der Waals surface area contributed by atoms with Crippen molar-refractivity contribution >= 4 is 55.9 Å². The highest BCUT2D eigenvalue weighted by atomic mass is 32.3. The molecule has 3 aliphatic carbocycles. The van der Waals surface area contributed by atoms with Crippen LogP contribution in [0.3, 0.4) is 0 Å². The van der Waals surface area contributed by atoms with Crippen molar-refractivity contribution in [2.75, 3.05) is 12.5 Å². The van der Waals surface area contributed by atoms with E-state index >= 15 is 0 Å². The van der Waals surface area contributed by atoms with Gasteiger partial charge < -0.3 is 0 Å². The van der Waals surface area contributed by atoms with Crippen molar-refractivity contribution in [1.82, 2.24) is 0 Å². The van der Waals surface area contributed by atoms with Crippen molar-refractivity contribution in [3.05, 3.63) is 104 Å². The molecule has 7 rings (SSSR count). The lowest BCUT2D eigenvalue weighted by atomic mass is 9.87. The standard InChI is InChI=1S/C36H22N4O2S3/c1-45(2)29-13-21(11-27-31(19(15-37)16-38)23-7-3-5-9-25(23)33(27)41)43-35(29)36-30(45)14-22(44-36)12-28-32(20(17-39)18-40)24-8-4-6-10-26(24)34(28)42/h3-11,13-14,23,25,28H,12H2,1-2H3/b27-11-. The molecular formula is C36H22N4O2S3. The number of hydrogen-bond donors (Lipinski definition) is 0. The zero-order valence-electron chi connectivity index (χ0n) is 24.1. The van der Waals surface area contributed by atoms with Crippen LogP contribution in [0.25, 0.3) is 21.4 Å². The van der Waals surface area contributed by atoms with Crippen LogP contribution in [-0.2, 0) is 11.2 Å². The van der Waals surface area contributed by atoms with Gasteiger partial charge in [0.05, 0.1) is 21.6 Å². The lowest BCUT2D eigenvalue weighted by molar-refractivity contribution is -0.116. The average Bonchev–Trinajstić information content (AvgIpc) is 3.82. The number of rotatable bonds is 3. The Balaban J connectivity index is 1.28. The second-order valence-corrected chi connectivity index (χ2v) is 17.3. The van der Waals surface area contributed by atoms with Crippen molar-refractivity contribution in [1.29, 1.82) is 21.0 Å². The Morgan fingerprint density at radius 3 is 2.09 bits per heavy atom. The minimum atomic E-state index is -1.40. The molecule has 3 heterocycles. The molecule has 3 aromatic rings. The Labute approximate surface area is 269 Å². The molecule has 9 heteroatoms. The largest absolute Gasteiger partial charge is 0.293 e. The summed E-state index contributed by atoms with van der Waals surface area (Å²) >= 11 is 3.23. The first-order chi connectivity index (χ1) is 21.7. The number of hydrogen-bond acceptors (Lipinski definition) is 8. The second-order valence-electron chi connectivity index (χ2n) is 11.5. The number of Topliss-reactive ketones (excluding diaryl/α,β-unsaturated/α-hetero) is 2. The van der Waals surface area contributed by atoms with Crippen molar-refractivity contribution < 1.29 is 9.59 Å². The Kier molecular flexibility index (Phi) is 6.74. The third-order valence-electron chi connectivity index (χ3n) is 8.92. The lowest BCUT2D eigenvalue weighted by Crippen LogP contribution is -2.12. The van der Waals surface area contributed by atoms with E-state index in [9.17, 15) is 30.6 Å². The number of nitrogens with zero attached hydrogens (tertiary/aromatic N) is 4. The number of carbonyl (C=O) groups is 2. The molecule has 1 fully saturated rings. The fourth-order valence-electron chi connectivity index (χ4n) is 6.83. The fraction of sp³-hybridized carbons (Fsp3) is 0.167. The van der Waals surface area contributed by atoms with Crippen LogP contribution >= 0.6 is 32.7 Å². The molecule has 0 radical (unpaired) electrons. The van der Waals surface area contributed by atoms with Crippen LogP contribution in [0.5, 0.6) is 0 Å². The van der Waals surface area contributed by atoms with Gasteiger partial charge in [0.1, 0.15) is 35.4 Å². The smallest absolute Gasteiger partial charge is 0.171 e. The van der Waals surface area contributed by atoms with E-state index in [2.05, 4.69) is 24.6 Å². The van der Waals surface area contributed by atoms with Gasteiger partial charge in [0.25, 0.3) is 0 Å². The van der Waals surface area contributed by atoms with E-state index in [4.69, 9.17) is 0 Å². The first-order valence-electron chi connectivity index (χ1n) is 14.1. The molecule has 216 valence electrons. The minimum absolute atomic E-state index is 0.0248. The fourth-order valence-corrected chi connectivity index (χ4v) is 13.1. The van der Waals surface area contributed by atoms with Crippen LogP contribution < -0.4 is 0 Å². The molecule has 1 aromatic carbocycles. The molecule has 0 spiro atoms. The number of allylic oxidation sites excluding steroid dienone is 9. The maximum atomic E-state index is 13.5. The summed E-state index contributed by atoms with van der Waals surface area (Å²) in [6, 6.07) is 19.5. The van der Waals surface area contributed by atoms with Gasteiger partial charge in [-0.25, -0.2) is 0 Å². The summed E-state index contributed by atoms with van der Waals surface area (Å²) in [5.41, 5.74) is 2.58. The van der Waals surface area contributed by atoms with E-state index in [1.165, 1.54) is 9.79 Å². The van der Waals surface area contributed by atoms with Gasteiger partial charge >= 0.3 is 0 Å². The zero-order valence-corrected chi connectivity index (χ0v) is 26.6. The van der Waals surface area contributed by atoms with Crippen molar-refractivity contribution in [3.63, 3.8) is 0 Å². The molecule has 4 aliphatic rings. The van der Waals surface area contributed by atoms with Gasteiger partial charge in [-0.3, -0.25) is 9.59 Å². The predicted octanol–water partition coefficient (Wildman–Crippen LogP) is 7.80. The molecule has 2 aromatic heterocycles. The Morgan fingerprint density at radius 2 is 1.40 bits per heavy atom. The Morgan fingerprint density at radius 1 is 0.800 bits per heavy atom.